The van der Waals surface area contributed by atoms with Crippen LogP contribution in [0.3, 0.4) is 0 Å². The first kappa shape index (κ1) is 13.0. The van der Waals surface area contributed by atoms with Gasteiger partial charge in [0.25, 0.3) is 0 Å². The van der Waals surface area contributed by atoms with E-state index in [9.17, 15) is 4.79 Å². The Balaban J connectivity index is 1.50. The maximum atomic E-state index is 11.6. The summed E-state index contributed by atoms with van der Waals surface area (Å²) in [6.45, 7) is 4.15. The fourth-order valence-electron chi connectivity index (χ4n) is 1.86. The van der Waals surface area contributed by atoms with E-state index >= 15 is 0 Å². The summed E-state index contributed by atoms with van der Waals surface area (Å²) in [5.74, 6) is 3.23. The molecule has 4 nitrogen and oxygen atoms in total. The first-order valence-electron chi connectivity index (χ1n) is 6.39. The molecule has 1 unspecified atom stereocenters. The van der Waals surface area contributed by atoms with Crippen LogP contribution in [0.4, 0.5) is 4.79 Å². The zero-order chi connectivity index (χ0) is 12.1. The van der Waals surface area contributed by atoms with Crippen molar-refractivity contribution in [2.75, 3.05) is 31.3 Å². The number of hydrogen-bond acceptors (Lipinski definition) is 3. The second-order valence-corrected chi connectivity index (χ2v) is 6.41. The molecule has 5 heteroatoms. The molecule has 0 spiro atoms. The molecule has 17 heavy (non-hydrogen) atoms. The highest BCUT2D eigenvalue weighted by molar-refractivity contribution is 7.99. The molecular weight excluding hydrogens is 236 g/mol. The van der Waals surface area contributed by atoms with E-state index in [-0.39, 0.29) is 11.6 Å². The van der Waals surface area contributed by atoms with Crippen LogP contribution in [0.25, 0.3) is 0 Å². The lowest BCUT2D eigenvalue weighted by Gasteiger charge is -2.23. The van der Waals surface area contributed by atoms with Crippen LogP contribution in [-0.4, -0.2) is 42.8 Å². The summed E-state index contributed by atoms with van der Waals surface area (Å²) in [5.41, 5.74) is -0.175. The molecule has 2 fully saturated rings. The van der Waals surface area contributed by atoms with Gasteiger partial charge in [0.1, 0.15) is 0 Å². The molecule has 98 valence electrons. The molecule has 0 aromatic heterocycles. The summed E-state index contributed by atoms with van der Waals surface area (Å²) in [6.07, 6.45) is 3.70. The summed E-state index contributed by atoms with van der Waals surface area (Å²) >= 11 is 1.94. The lowest BCUT2D eigenvalue weighted by Crippen LogP contribution is -2.51. The molecule has 0 radical (unpaired) electrons. The molecule has 1 aliphatic heterocycles. The van der Waals surface area contributed by atoms with Crippen LogP contribution in [0, 0.1) is 5.92 Å². The third-order valence-corrected chi connectivity index (χ3v) is 4.42. The van der Waals surface area contributed by atoms with Crippen molar-refractivity contribution in [2.45, 2.75) is 31.7 Å². The number of nitrogens with one attached hydrogen (secondary N) is 2. The van der Waals surface area contributed by atoms with Gasteiger partial charge in [0.2, 0.25) is 0 Å². The van der Waals surface area contributed by atoms with E-state index in [4.69, 9.17) is 4.74 Å². The van der Waals surface area contributed by atoms with Gasteiger partial charge in [-0.3, -0.25) is 0 Å². The zero-order valence-electron chi connectivity index (χ0n) is 10.5. The molecule has 2 amide bonds. The van der Waals surface area contributed by atoms with Gasteiger partial charge in [-0.2, -0.15) is 11.8 Å². The lowest BCUT2D eigenvalue weighted by molar-refractivity contribution is 0.170. The van der Waals surface area contributed by atoms with Gasteiger partial charge < -0.3 is 15.4 Å². The second-order valence-electron chi connectivity index (χ2n) is 5.26. The number of carbonyl (C=O) groups is 1. The topological polar surface area (TPSA) is 50.4 Å². The van der Waals surface area contributed by atoms with E-state index in [0.717, 1.165) is 31.2 Å². The number of rotatable bonds is 6. The van der Waals surface area contributed by atoms with Crippen LogP contribution < -0.4 is 10.6 Å². The van der Waals surface area contributed by atoms with Crippen molar-refractivity contribution >= 4 is 17.8 Å². The highest BCUT2D eigenvalue weighted by Crippen LogP contribution is 2.32. The van der Waals surface area contributed by atoms with E-state index in [1.807, 2.05) is 18.7 Å². The van der Waals surface area contributed by atoms with Crippen molar-refractivity contribution in [1.82, 2.24) is 10.6 Å². The molecule has 2 rings (SSSR count). The van der Waals surface area contributed by atoms with Crippen molar-refractivity contribution in [3.63, 3.8) is 0 Å². The fourth-order valence-corrected chi connectivity index (χ4v) is 2.93. The number of amides is 2. The van der Waals surface area contributed by atoms with E-state index in [2.05, 4.69) is 10.6 Å². The Morgan fingerprint density at radius 3 is 3.00 bits per heavy atom. The van der Waals surface area contributed by atoms with E-state index in [1.165, 1.54) is 18.6 Å². The summed E-state index contributed by atoms with van der Waals surface area (Å²) in [4.78, 5) is 11.6. The Bertz CT molecular complexity index is 263. The summed E-state index contributed by atoms with van der Waals surface area (Å²) in [5, 5.41) is 5.89. The maximum absolute atomic E-state index is 11.6. The SMILES string of the molecule is CC1(NC(=O)NCCSCC2CC2)CCOC1. The molecule has 0 aromatic carbocycles. The largest absolute Gasteiger partial charge is 0.379 e. The quantitative estimate of drug-likeness (QED) is 0.712. The minimum atomic E-state index is -0.175. The molecule has 1 saturated carbocycles. The van der Waals surface area contributed by atoms with Crippen LogP contribution in [0.15, 0.2) is 0 Å². The van der Waals surface area contributed by atoms with E-state index in [0.29, 0.717) is 6.61 Å². The standard InChI is InChI=1S/C12H22N2O2S/c1-12(4-6-16-9-12)14-11(15)13-5-7-17-8-10-2-3-10/h10H,2-9H2,1H3,(H2,13,14,15). The van der Waals surface area contributed by atoms with E-state index in [1.54, 1.807) is 0 Å². The molecule has 1 saturated heterocycles. The maximum Gasteiger partial charge on any atom is 0.315 e. The minimum Gasteiger partial charge on any atom is -0.379 e. The average Bonchev–Trinajstić information content (AvgIpc) is 3.00. The number of hydrogen-bond donors (Lipinski definition) is 2. The van der Waals surface area contributed by atoms with Gasteiger partial charge in [0.15, 0.2) is 0 Å². The molecule has 1 atom stereocenters. The number of carbonyl (C=O) groups excluding carboxylic acids is 1. The molecular formula is C12H22N2O2S. The average molecular weight is 258 g/mol. The normalized spacial score (nSPS) is 28.1. The smallest absolute Gasteiger partial charge is 0.315 e. The van der Waals surface area contributed by atoms with Crippen molar-refractivity contribution in [3.05, 3.63) is 0 Å². The first-order valence-corrected chi connectivity index (χ1v) is 7.55. The fraction of sp³-hybridized carbons (Fsp3) is 0.917. The van der Waals surface area contributed by atoms with Gasteiger partial charge in [0, 0.05) is 18.9 Å². The van der Waals surface area contributed by atoms with Crippen molar-refractivity contribution < 1.29 is 9.53 Å². The third kappa shape index (κ3) is 4.76. The summed E-state index contributed by atoms with van der Waals surface area (Å²) in [7, 11) is 0. The molecule has 2 N–H and O–H groups in total. The monoisotopic (exact) mass is 258 g/mol. The van der Waals surface area contributed by atoms with Crippen molar-refractivity contribution in [2.24, 2.45) is 5.92 Å². The molecule has 0 aromatic rings. The number of urea groups is 1. The van der Waals surface area contributed by atoms with Gasteiger partial charge in [-0.1, -0.05) is 0 Å². The van der Waals surface area contributed by atoms with Gasteiger partial charge in [-0.15, -0.1) is 0 Å². The Kier molecular flexibility index (Phi) is 4.56. The Labute approximate surface area is 107 Å². The summed E-state index contributed by atoms with van der Waals surface area (Å²) in [6, 6.07) is -0.0648. The van der Waals surface area contributed by atoms with Crippen LogP contribution in [0.5, 0.6) is 0 Å². The van der Waals surface area contributed by atoms with E-state index < -0.39 is 0 Å². The van der Waals surface area contributed by atoms with Crippen molar-refractivity contribution in [3.8, 4) is 0 Å². The van der Waals surface area contributed by atoms with Crippen molar-refractivity contribution in [1.29, 1.82) is 0 Å². The predicted octanol–water partition coefficient (Wildman–Crippen LogP) is 1.61. The van der Waals surface area contributed by atoms with Crippen LogP contribution in [0.1, 0.15) is 26.2 Å². The van der Waals surface area contributed by atoms with Gasteiger partial charge in [0.05, 0.1) is 12.1 Å². The van der Waals surface area contributed by atoms with Crippen LogP contribution >= 0.6 is 11.8 Å². The Morgan fingerprint density at radius 1 is 1.53 bits per heavy atom. The third-order valence-electron chi connectivity index (χ3n) is 3.22. The summed E-state index contributed by atoms with van der Waals surface area (Å²) < 4.78 is 5.29. The van der Waals surface area contributed by atoms with Gasteiger partial charge in [-0.05, 0) is 37.9 Å². The minimum absolute atomic E-state index is 0.0648. The molecule has 2 aliphatic rings. The van der Waals surface area contributed by atoms with Gasteiger partial charge >= 0.3 is 6.03 Å². The number of thioether (sulfide) groups is 1. The predicted molar refractivity (Wildman–Crippen MR) is 70.4 cm³/mol. The highest BCUT2D eigenvalue weighted by atomic mass is 32.2. The number of ether oxygens (including phenoxy) is 1. The first-order chi connectivity index (χ1) is 8.18. The van der Waals surface area contributed by atoms with Gasteiger partial charge in [-0.25, -0.2) is 4.79 Å². The second kappa shape index (κ2) is 5.96. The molecule has 0 bridgehead atoms. The lowest BCUT2D eigenvalue weighted by atomic mass is 10.0. The van der Waals surface area contributed by atoms with Crippen LogP contribution in [0.2, 0.25) is 0 Å². The molecule has 1 heterocycles. The Morgan fingerprint density at radius 2 is 2.35 bits per heavy atom. The zero-order valence-corrected chi connectivity index (χ0v) is 11.3. The van der Waals surface area contributed by atoms with Crippen LogP contribution in [-0.2, 0) is 4.74 Å². The Hall–Kier alpha value is -0.420. The highest BCUT2D eigenvalue weighted by Gasteiger charge is 2.31. The molecule has 1 aliphatic carbocycles.